The summed E-state index contributed by atoms with van der Waals surface area (Å²) in [5, 5.41) is 0.475. The maximum atomic E-state index is 11.6. The molecule has 0 aliphatic carbocycles. The number of hydrogen-bond donors (Lipinski definition) is 1. The number of esters is 1. The second kappa shape index (κ2) is 6.69. The molecule has 0 radical (unpaired) electrons. The third-order valence-corrected chi connectivity index (χ3v) is 2.67. The van der Waals surface area contributed by atoms with E-state index in [0.717, 1.165) is 0 Å². The third kappa shape index (κ3) is 4.07. The molecule has 0 bridgehead atoms. The van der Waals surface area contributed by atoms with Crippen molar-refractivity contribution in [3.8, 4) is 0 Å². The molecule has 0 aliphatic heterocycles. The average molecular weight is 278 g/mol. The molecule has 0 aromatic heterocycles. The molecule has 4 nitrogen and oxygen atoms in total. The molecule has 0 saturated carbocycles. The highest BCUT2D eigenvalue weighted by Gasteiger charge is 2.12. The minimum Gasteiger partial charge on any atom is -0.462 e. The lowest BCUT2D eigenvalue weighted by atomic mass is 10.2. The van der Waals surface area contributed by atoms with Gasteiger partial charge in [-0.2, -0.15) is 0 Å². The van der Waals surface area contributed by atoms with E-state index < -0.39 is 5.97 Å². The first-order valence-electron chi connectivity index (χ1n) is 4.97. The van der Waals surface area contributed by atoms with E-state index in [1.165, 1.54) is 12.1 Å². The lowest BCUT2D eigenvalue weighted by Gasteiger charge is -2.07. The van der Waals surface area contributed by atoms with E-state index in [9.17, 15) is 4.79 Å². The van der Waals surface area contributed by atoms with Crippen LogP contribution in [0.1, 0.15) is 16.8 Å². The van der Waals surface area contributed by atoms with Gasteiger partial charge in [-0.1, -0.05) is 23.2 Å². The van der Waals surface area contributed by atoms with E-state index >= 15 is 0 Å². The molecule has 1 aromatic carbocycles. The highest BCUT2D eigenvalue weighted by Crippen LogP contribution is 2.29. The van der Waals surface area contributed by atoms with E-state index in [1.54, 1.807) is 7.11 Å². The topological polar surface area (TPSA) is 61.5 Å². The number of carbonyl (C=O) groups excluding carboxylic acids is 1. The second-order valence-electron chi connectivity index (χ2n) is 3.34. The molecule has 1 aromatic rings. The summed E-state index contributed by atoms with van der Waals surface area (Å²) in [6.45, 7) is 0.822. The van der Waals surface area contributed by atoms with Crippen molar-refractivity contribution in [2.45, 2.75) is 6.42 Å². The van der Waals surface area contributed by atoms with E-state index in [0.29, 0.717) is 13.0 Å². The Kier molecular flexibility index (Phi) is 5.55. The second-order valence-corrected chi connectivity index (χ2v) is 4.15. The van der Waals surface area contributed by atoms with Gasteiger partial charge in [-0.05, 0) is 12.1 Å². The normalized spacial score (nSPS) is 10.3. The molecule has 0 atom stereocenters. The Morgan fingerprint density at radius 1 is 1.29 bits per heavy atom. The molecular formula is C11H13Cl2NO3. The van der Waals surface area contributed by atoms with Gasteiger partial charge in [-0.25, -0.2) is 4.79 Å². The van der Waals surface area contributed by atoms with Crippen LogP contribution in [0.5, 0.6) is 0 Å². The number of nitrogens with two attached hydrogens (primary N) is 1. The van der Waals surface area contributed by atoms with Gasteiger partial charge in [0.1, 0.15) is 0 Å². The molecule has 2 N–H and O–H groups in total. The standard InChI is InChI=1S/C11H13Cl2NO3/c1-16-3-2-4-17-11(15)7-5-8(12)10(14)9(13)6-7/h5-6H,2-4,14H2,1H3. The third-order valence-electron chi connectivity index (χ3n) is 2.04. The van der Waals surface area contributed by atoms with E-state index in [1.807, 2.05) is 0 Å². The Labute approximate surface area is 110 Å². The quantitative estimate of drug-likeness (QED) is 0.511. The summed E-state index contributed by atoms with van der Waals surface area (Å²) in [6, 6.07) is 2.86. The Morgan fingerprint density at radius 3 is 2.41 bits per heavy atom. The monoisotopic (exact) mass is 277 g/mol. The van der Waals surface area contributed by atoms with Gasteiger partial charge in [0, 0.05) is 20.1 Å². The number of nitrogen functional groups attached to an aromatic ring is 1. The van der Waals surface area contributed by atoms with Gasteiger partial charge < -0.3 is 15.2 Å². The minimum atomic E-state index is -0.482. The fourth-order valence-corrected chi connectivity index (χ4v) is 1.64. The number of carbonyl (C=O) groups is 1. The van der Waals surface area contributed by atoms with Crippen LogP contribution in [0.25, 0.3) is 0 Å². The van der Waals surface area contributed by atoms with Crippen molar-refractivity contribution < 1.29 is 14.3 Å². The summed E-state index contributed by atoms with van der Waals surface area (Å²) in [5.74, 6) is -0.482. The van der Waals surface area contributed by atoms with Crippen LogP contribution in [0.4, 0.5) is 5.69 Å². The number of anilines is 1. The first kappa shape index (κ1) is 14.1. The van der Waals surface area contributed by atoms with Crippen LogP contribution in [-0.2, 0) is 9.47 Å². The maximum Gasteiger partial charge on any atom is 0.338 e. The summed E-state index contributed by atoms with van der Waals surface area (Å²) in [7, 11) is 1.58. The fraction of sp³-hybridized carbons (Fsp3) is 0.364. The van der Waals surface area contributed by atoms with E-state index in [4.69, 9.17) is 38.4 Å². The Bertz CT molecular complexity index is 387. The average Bonchev–Trinajstić information content (AvgIpc) is 2.30. The van der Waals surface area contributed by atoms with Crippen LogP contribution in [-0.4, -0.2) is 26.3 Å². The summed E-state index contributed by atoms with van der Waals surface area (Å²) >= 11 is 11.6. The Balaban J connectivity index is 2.63. The molecule has 0 amide bonds. The van der Waals surface area contributed by atoms with Gasteiger partial charge in [0.05, 0.1) is 27.9 Å². The molecule has 0 unspecified atom stereocenters. The molecule has 0 heterocycles. The smallest absolute Gasteiger partial charge is 0.338 e. The number of hydrogen-bond acceptors (Lipinski definition) is 4. The molecule has 0 spiro atoms. The van der Waals surface area contributed by atoms with Gasteiger partial charge in [-0.15, -0.1) is 0 Å². The highest BCUT2D eigenvalue weighted by molar-refractivity contribution is 6.39. The number of halogens is 2. The van der Waals surface area contributed by atoms with Crippen molar-refractivity contribution in [1.82, 2.24) is 0 Å². The summed E-state index contributed by atoms with van der Waals surface area (Å²) < 4.78 is 9.84. The van der Waals surface area contributed by atoms with Crippen molar-refractivity contribution in [3.05, 3.63) is 27.7 Å². The zero-order valence-corrected chi connectivity index (χ0v) is 10.8. The van der Waals surface area contributed by atoms with Gasteiger partial charge in [0.25, 0.3) is 0 Å². The van der Waals surface area contributed by atoms with Gasteiger partial charge in [0.2, 0.25) is 0 Å². The molecule has 0 saturated heterocycles. The number of methoxy groups -OCH3 is 1. The van der Waals surface area contributed by atoms with Crippen molar-refractivity contribution in [2.75, 3.05) is 26.1 Å². The predicted octanol–water partition coefficient (Wildman–Crippen LogP) is 2.77. The largest absolute Gasteiger partial charge is 0.462 e. The number of ether oxygens (including phenoxy) is 2. The predicted molar refractivity (Wildman–Crippen MR) is 67.6 cm³/mol. The summed E-state index contributed by atoms with van der Waals surface area (Å²) in [4.78, 5) is 11.6. The van der Waals surface area contributed by atoms with Crippen LogP contribution < -0.4 is 5.73 Å². The van der Waals surface area contributed by atoms with Crippen LogP contribution in [0.2, 0.25) is 10.0 Å². The summed E-state index contributed by atoms with van der Waals surface area (Å²) in [6.07, 6.45) is 0.638. The van der Waals surface area contributed by atoms with Crippen LogP contribution in [0.15, 0.2) is 12.1 Å². The SMILES string of the molecule is COCCCOC(=O)c1cc(Cl)c(N)c(Cl)c1. The zero-order valence-electron chi connectivity index (χ0n) is 9.33. The van der Waals surface area contributed by atoms with Gasteiger partial charge in [-0.3, -0.25) is 0 Å². The Morgan fingerprint density at radius 2 is 1.88 bits per heavy atom. The van der Waals surface area contributed by atoms with Crippen molar-refractivity contribution in [1.29, 1.82) is 0 Å². The first-order valence-corrected chi connectivity index (χ1v) is 5.72. The van der Waals surface area contributed by atoms with Crippen molar-refractivity contribution in [3.63, 3.8) is 0 Å². The zero-order chi connectivity index (χ0) is 12.8. The molecule has 0 aliphatic rings. The van der Waals surface area contributed by atoms with E-state index in [2.05, 4.69) is 0 Å². The molecule has 0 fully saturated rings. The first-order chi connectivity index (χ1) is 8.06. The highest BCUT2D eigenvalue weighted by atomic mass is 35.5. The fourth-order valence-electron chi connectivity index (χ4n) is 1.15. The maximum absolute atomic E-state index is 11.6. The molecule has 1 rings (SSSR count). The number of benzene rings is 1. The molecule has 94 valence electrons. The van der Waals surface area contributed by atoms with Crippen LogP contribution >= 0.6 is 23.2 Å². The lowest BCUT2D eigenvalue weighted by molar-refractivity contribution is 0.0468. The molecule has 6 heteroatoms. The van der Waals surface area contributed by atoms with Crippen LogP contribution in [0.3, 0.4) is 0 Å². The molecule has 17 heavy (non-hydrogen) atoms. The van der Waals surface area contributed by atoms with Crippen molar-refractivity contribution in [2.24, 2.45) is 0 Å². The van der Waals surface area contributed by atoms with Crippen molar-refractivity contribution >= 4 is 34.9 Å². The van der Waals surface area contributed by atoms with Gasteiger partial charge in [0.15, 0.2) is 0 Å². The minimum absolute atomic E-state index is 0.237. The Hall–Kier alpha value is -0.970. The number of rotatable bonds is 5. The van der Waals surface area contributed by atoms with Crippen LogP contribution in [0, 0.1) is 0 Å². The van der Waals surface area contributed by atoms with Gasteiger partial charge >= 0.3 is 5.97 Å². The molecular weight excluding hydrogens is 265 g/mol. The lowest BCUT2D eigenvalue weighted by Crippen LogP contribution is -2.08. The summed E-state index contributed by atoms with van der Waals surface area (Å²) in [5.41, 5.74) is 6.10. The van der Waals surface area contributed by atoms with E-state index in [-0.39, 0.29) is 27.9 Å².